The van der Waals surface area contributed by atoms with Gasteiger partial charge in [-0.15, -0.1) is 0 Å². The van der Waals surface area contributed by atoms with E-state index in [2.05, 4.69) is 0 Å². The number of benzene rings is 1. The van der Waals surface area contributed by atoms with E-state index in [1.807, 2.05) is 0 Å². The van der Waals surface area contributed by atoms with Gasteiger partial charge in [-0.05, 0) is 24.3 Å². The first kappa shape index (κ1) is 17.3. The van der Waals surface area contributed by atoms with Gasteiger partial charge in [0, 0.05) is 50.7 Å². The summed E-state index contributed by atoms with van der Waals surface area (Å²) in [6.45, 7) is 1.58. The minimum Gasteiger partial charge on any atom is -0.422 e. The van der Waals surface area contributed by atoms with E-state index in [9.17, 15) is 14.4 Å². The molecular formula is C17H18ClN3O4. The van der Waals surface area contributed by atoms with Crippen LogP contribution in [0.3, 0.4) is 0 Å². The first-order chi connectivity index (χ1) is 11.9. The van der Waals surface area contributed by atoms with Crippen molar-refractivity contribution < 1.29 is 14.0 Å². The number of rotatable bonds is 1. The van der Waals surface area contributed by atoms with Gasteiger partial charge in [0.2, 0.25) is 0 Å². The highest BCUT2D eigenvalue weighted by molar-refractivity contribution is 6.31. The van der Waals surface area contributed by atoms with Crippen LogP contribution in [0.25, 0.3) is 11.0 Å². The Morgan fingerprint density at radius 3 is 2.36 bits per heavy atom. The van der Waals surface area contributed by atoms with E-state index in [1.54, 1.807) is 42.1 Å². The standard InChI is InChI=1S/C17H18ClN3O4/c1-19(2)17(24)21-7-5-20(6-8-21)15(22)13-10-11-9-12(18)3-4-14(11)25-16(13)23/h3-4,9-10H,5-8H2,1-2H3. The topological polar surface area (TPSA) is 74.1 Å². The molecule has 1 aromatic carbocycles. The van der Waals surface area contributed by atoms with Crippen LogP contribution in [-0.2, 0) is 0 Å². The fraction of sp³-hybridized carbons (Fsp3) is 0.353. The molecule has 2 aromatic rings. The predicted molar refractivity (Wildman–Crippen MR) is 94.1 cm³/mol. The molecule has 7 nitrogen and oxygen atoms in total. The van der Waals surface area contributed by atoms with Crippen molar-refractivity contribution in [3.8, 4) is 0 Å². The van der Waals surface area contributed by atoms with Gasteiger partial charge in [0.15, 0.2) is 0 Å². The lowest BCUT2D eigenvalue weighted by atomic mass is 10.1. The Kier molecular flexibility index (Phi) is 4.67. The molecular weight excluding hydrogens is 346 g/mol. The summed E-state index contributed by atoms with van der Waals surface area (Å²) in [5, 5.41) is 1.09. The number of hydrogen-bond donors (Lipinski definition) is 0. The van der Waals surface area contributed by atoms with Crippen LogP contribution in [0.4, 0.5) is 4.79 Å². The number of carbonyl (C=O) groups excluding carboxylic acids is 2. The third kappa shape index (κ3) is 3.46. The molecule has 132 valence electrons. The molecule has 3 amide bonds. The molecule has 0 radical (unpaired) electrons. The van der Waals surface area contributed by atoms with Crippen molar-refractivity contribution in [2.75, 3.05) is 40.3 Å². The van der Waals surface area contributed by atoms with Crippen LogP contribution < -0.4 is 5.63 Å². The Morgan fingerprint density at radius 1 is 1.08 bits per heavy atom. The number of urea groups is 1. The van der Waals surface area contributed by atoms with Crippen molar-refractivity contribution in [2.24, 2.45) is 0 Å². The Morgan fingerprint density at radius 2 is 1.72 bits per heavy atom. The van der Waals surface area contributed by atoms with Gasteiger partial charge in [-0.2, -0.15) is 0 Å². The molecule has 1 fully saturated rings. The van der Waals surface area contributed by atoms with Gasteiger partial charge in [-0.25, -0.2) is 9.59 Å². The quantitative estimate of drug-likeness (QED) is 0.725. The molecule has 0 spiro atoms. The molecule has 0 aliphatic carbocycles. The second-order valence-corrected chi connectivity index (χ2v) is 6.52. The van der Waals surface area contributed by atoms with Gasteiger partial charge in [0.05, 0.1) is 0 Å². The first-order valence-electron chi connectivity index (χ1n) is 7.86. The molecule has 1 aliphatic heterocycles. The zero-order valence-corrected chi connectivity index (χ0v) is 14.7. The maximum absolute atomic E-state index is 12.7. The summed E-state index contributed by atoms with van der Waals surface area (Å²) in [4.78, 5) is 41.5. The lowest BCUT2D eigenvalue weighted by Crippen LogP contribution is -2.53. The van der Waals surface area contributed by atoms with Crippen LogP contribution >= 0.6 is 11.6 Å². The van der Waals surface area contributed by atoms with E-state index >= 15 is 0 Å². The summed E-state index contributed by atoms with van der Waals surface area (Å²) in [6, 6.07) is 6.28. The van der Waals surface area contributed by atoms with Crippen LogP contribution in [0.1, 0.15) is 10.4 Å². The lowest BCUT2D eigenvalue weighted by molar-refractivity contribution is 0.0646. The summed E-state index contributed by atoms with van der Waals surface area (Å²) < 4.78 is 5.22. The highest BCUT2D eigenvalue weighted by Crippen LogP contribution is 2.19. The van der Waals surface area contributed by atoms with Crippen molar-refractivity contribution in [1.29, 1.82) is 0 Å². The Balaban J connectivity index is 1.80. The Hall–Kier alpha value is -2.54. The number of halogens is 1. The maximum Gasteiger partial charge on any atom is 0.349 e. The number of nitrogens with zero attached hydrogens (tertiary/aromatic N) is 3. The zero-order valence-electron chi connectivity index (χ0n) is 14.0. The first-order valence-corrected chi connectivity index (χ1v) is 8.23. The predicted octanol–water partition coefficient (Wildman–Crippen LogP) is 1.89. The molecule has 0 atom stereocenters. The largest absolute Gasteiger partial charge is 0.422 e. The summed E-state index contributed by atoms with van der Waals surface area (Å²) in [5.41, 5.74) is -0.318. The maximum atomic E-state index is 12.7. The van der Waals surface area contributed by atoms with Gasteiger partial charge in [-0.3, -0.25) is 4.79 Å². The van der Waals surface area contributed by atoms with Crippen molar-refractivity contribution in [2.45, 2.75) is 0 Å². The number of hydrogen-bond acceptors (Lipinski definition) is 4. The summed E-state index contributed by atoms with van der Waals surface area (Å²) >= 11 is 5.95. The molecule has 2 heterocycles. The van der Waals surface area contributed by atoms with E-state index in [1.165, 1.54) is 11.0 Å². The minimum atomic E-state index is -0.674. The van der Waals surface area contributed by atoms with E-state index in [4.69, 9.17) is 16.0 Å². The highest BCUT2D eigenvalue weighted by atomic mass is 35.5. The van der Waals surface area contributed by atoms with Crippen molar-refractivity contribution in [3.05, 3.63) is 45.3 Å². The molecule has 8 heteroatoms. The number of amides is 3. The molecule has 25 heavy (non-hydrogen) atoms. The summed E-state index contributed by atoms with van der Waals surface area (Å²) in [5.74, 6) is -0.396. The fourth-order valence-corrected chi connectivity index (χ4v) is 2.98. The van der Waals surface area contributed by atoms with Crippen molar-refractivity contribution >= 4 is 34.5 Å². The van der Waals surface area contributed by atoms with Crippen LogP contribution in [-0.4, -0.2) is 66.9 Å². The van der Waals surface area contributed by atoms with Crippen LogP contribution in [0, 0.1) is 0 Å². The van der Waals surface area contributed by atoms with Crippen LogP contribution in [0.15, 0.2) is 33.5 Å². The second-order valence-electron chi connectivity index (χ2n) is 6.09. The molecule has 1 aromatic heterocycles. The number of carbonyl (C=O) groups is 2. The average Bonchev–Trinajstić information content (AvgIpc) is 2.60. The SMILES string of the molecule is CN(C)C(=O)N1CCN(C(=O)c2cc3cc(Cl)ccc3oc2=O)CC1. The highest BCUT2D eigenvalue weighted by Gasteiger charge is 2.27. The van der Waals surface area contributed by atoms with Gasteiger partial charge in [0.25, 0.3) is 5.91 Å². The third-order valence-corrected chi connectivity index (χ3v) is 4.38. The van der Waals surface area contributed by atoms with E-state index < -0.39 is 11.5 Å². The van der Waals surface area contributed by atoms with E-state index in [0.29, 0.717) is 42.2 Å². The van der Waals surface area contributed by atoms with Crippen LogP contribution in [0.2, 0.25) is 5.02 Å². The minimum absolute atomic E-state index is 0.0258. The average molecular weight is 364 g/mol. The van der Waals surface area contributed by atoms with Gasteiger partial charge >= 0.3 is 11.7 Å². The van der Waals surface area contributed by atoms with Gasteiger partial charge in [-0.1, -0.05) is 11.6 Å². The van der Waals surface area contributed by atoms with Crippen molar-refractivity contribution in [3.63, 3.8) is 0 Å². The van der Waals surface area contributed by atoms with Crippen molar-refractivity contribution in [1.82, 2.24) is 14.7 Å². The van der Waals surface area contributed by atoms with E-state index in [0.717, 1.165) is 0 Å². The Bertz CT molecular complexity index is 885. The zero-order chi connectivity index (χ0) is 18.1. The Labute approximate surface area is 149 Å². The molecule has 0 N–H and O–H groups in total. The molecule has 1 saturated heterocycles. The van der Waals surface area contributed by atoms with Gasteiger partial charge in [0.1, 0.15) is 11.1 Å². The summed E-state index contributed by atoms with van der Waals surface area (Å²) in [7, 11) is 3.37. The second kappa shape index (κ2) is 6.76. The molecule has 0 bridgehead atoms. The number of piperazine rings is 1. The third-order valence-electron chi connectivity index (χ3n) is 4.14. The van der Waals surface area contributed by atoms with E-state index in [-0.39, 0.29) is 11.6 Å². The van der Waals surface area contributed by atoms with Gasteiger partial charge < -0.3 is 19.1 Å². The normalized spacial score (nSPS) is 14.7. The van der Waals surface area contributed by atoms with Crippen LogP contribution in [0.5, 0.6) is 0 Å². The fourth-order valence-electron chi connectivity index (χ4n) is 2.80. The molecule has 1 aliphatic rings. The molecule has 0 saturated carbocycles. The molecule has 0 unspecified atom stereocenters. The monoisotopic (exact) mass is 363 g/mol. The molecule has 3 rings (SSSR count). The summed E-state index contributed by atoms with van der Waals surface area (Å²) in [6.07, 6.45) is 0. The smallest absolute Gasteiger partial charge is 0.349 e. The lowest BCUT2D eigenvalue weighted by Gasteiger charge is -2.35. The number of fused-ring (bicyclic) bond motifs is 1.